The number of hydrogen-bond acceptors (Lipinski definition) is 3. The summed E-state index contributed by atoms with van der Waals surface area (Å²) in [6, 6.07) is 0. The van der Waals surface area contributed by atoms with Gasteiger partial charge >= 0.3 is 12.1 Å². The summed E-state index contributed by atoms with van der Waals surface area (Å²) in [5, 5.41) is 13.9. The molecule has 21 heavy (non-hydrogen) atoms. The number of alkyl halides is 3. The first-order valence-corrected chi connectivity index (χ1v) is 6.32. The van der Waals surface area contributed by atoms with E-state index in [4.69, 9.17) is 16.7 Å². The number of rotatable bonds is 3. The number of amides is 1. The topological polar surface area (TPSA) is 84.2 Å². The highest BCUT2D eigenvalue weighted by atomic mass is 35.5. The highest BCUT2D eigenvalue weighted by Gasteiger charge is 2.48. The molecule has 2 N–H and O–H groups in total. The van der Waals surface area contributed by atoms with Crippen LogP contribution in [0.4, 0.5) is 13.2 Å². The Balaban J connectivity index is 2.37. The van der Waals surface area contributed by atoms with Crippen molar-refractivity contribution < 1.29 is 27.9 Å². The van der Waals surface area contributed by atoms with Gasteiger partial charge < -0.3 is 10.4 Å². The summed E-state index contributed by atoms with van der Waals surface area (Å²) in [5.41, 5.74) is -3.82. The molecule has 1 fully saturated rings. The standard InChI is InChI=1S/C11H11ClF3N3O3/c1-18-7(12)5(11(13,14)15)6(17-18)8(19)16-10(9(20)21)3-2-4-10/h2-4H2,1H3,(H,16,19)(H,20,21). The molecule has 1 aromatic rings. The molecule has 1 heterocycles. The van der Waals surface area contributed by atoms with E-state index < -0.39 is 40.0 Å². The van der Waals surface area contributed by atoms with Crippen molar-refractivity contribution >= 4 is 23.5 Å². The predicted molar refractivity (Wildman–Crippen MR) is 64.9 cm³/mol. The van der Waals surface area contributed by atoms with Crippen molar-refractivity contribution in [3.63, 3.8) is 0 Å². The quantitative estimate of drug-likeness (QED) is 0.888. The van der Waals surface area contributed by atoms with Gasteiger partial charge in [0.15, 0.2) is 5.69 Å². The number of carbonyl (C=O) groups is 2. The summed E-state index contributed by atoms with van der Waals surface area (Å²) in [6.45, 7) is 0. The van der Waals surface area contributed by atoms with E-state index in [1.807, 2.05) is 0 Å². The van der Waals surface area contributed by atoms with Crippen LogP contribution in [0.1, 0.15) is 35.3 Å². The van der Waals surface area contributed by atoms with Crippen LogP contribution in [0.3, 0.4) is 0 Å². The highest BCUT2D eigenvalue weighted by molar-refractivity contribution is 6.31. The van der Waals surface area contributed by atoms with Crippen LogP contribution in [-0.4, -0.2) is 32.3 Å². The van der Waals surface area contributed by atoms with Gasteiger partial charge in [-0.25, -0.2) is 4.79 Å². The Kier molecular flexibility index (Phi) is 3.64. The third kappa shape index (κ3) is 2.57. The molecule has 1 amide bonds. The maximum Gasteiger partial charge on any atom is 0.421 e. The minimum absolute atomic E-state index is 0.163. The van der Waals surface area contributed by atoms with Crippen molar-refractivity contribution in [1.82, 2.24) is 15.1 Å². The molecular formula is C11H11ClF3N3O3. The normalized spacial score (nSPS) is 17.2. The van der Waals surface area contributed by atoms with Crippen LogP contribution in [-0.2, 0) is 18.0 Å². The third-order valence-electron chi connectivity index (χ3n) is 3.45. The van der Waals surface area contributed by atoms with Gasteiger partial charge in [-0.3, -0.25) is 9.48 Å². The van der Waals surface area contributed by atoms with Crippen LogP contribution in [0.2, 0.25) is 5.15 Å². The first-order chi connectivity index (χ1) is 9.58. The Bertz CT molecular complexity index is 608. The number of aliphatic carboxylic acids is 1. The number of carboxylic acids is 1. The van der Waals surface area contributed by atoms with E-state index in [9.17, 15) is 22.8 Å². The minimum Gasteiger partial charge on any atom is -0.480 e. The van der Waals surface area contributed by atoms with Crippen molar-refractivity contribution in [3.8, 4) is 0 Å². The van der Waals surface area contributed by atoms with Crippen molar-refractivity contribution in [2.75, 3.05) is 0 Å². The van der Waals surface area contributed by atoms with Gasteiger partial charge in [-0.2, -0.15) is 18.3 Å². The van der Waals surface area contributed by atoms with E-state index >= 15 is 0 Å². The number of aryl methyl sites for hydroxylation is 1. The molecule has 116 valence electrons. The average Bonchev–Trinajstić information content (AvgIpc) is 2.59. The van der Waals surface area contributed by atoms with E-state index in [0.29, 0.717) is 11.1 Å². The lowest BCUT2D eigenvalue weighted by Crippen LogP contribution is -2.59. The fraction of sp³-hybridized carbons (Fsp3) is 0.545. The fourth-order valence-corrected chi connectivity index (χ4v) is 2.35. The van der Waals surface area contributed by atoms with Gasteiger partial charge in [-0.05, 0) is 19.3 Å². The molecule has 2 rings (SSSR count). The number of aromatic nitrogens is 2. The largest absolute Gasteiger partial charge is 0.480 e. The van der Waals surface area contributed by atoms with Gasteiger partial charge in [0, 0.05) is 7.05 Å². The lowest BCUT2D eigenvalue weighted by Gasteiger charge is -2.38. The summed E-state index contributed by atoms with van der Waals surface area (Å²) in [7, 11) is 1.16. The Morgan fingerprint density at radius 2 is 2.00 bits per heavy atom. The molecule has 0 aromatic carbocycles. The molecule has 0 aliphatic heterocycles. The van der Waals surface area contributed by atoms with Crippen molar-refractivity contribution in [1.29, 1.82) is 0 Å². The summed E-state index contributed by atoms with van der Waals surface area (Å²) < 4.78 is 39.5. The molecular weight excluding hydrogens is 315 g/mol. The second-order valence-electron chi connectivity index (χ2n) is 4.83. The molecule has 1 saturated carbocycles. The van der Waals surface area contributed by atoms with Crippen LogP contribution in [0.5, 0.6) is 0 Å². The monoisotopic (exact) mass is 325 g/mol. The zero-order valence-electron chi connectivity index (χ0n) is 10.8. The SMILES string of the molecule is Cn1nc(C(=O)NC2(C(=O)O)CCC2)c(C(F)(F)F)c1Cl. The zero-order valence-corrected chi connectivity index (χ0v) is 11.5. The summed E-state index contributed by atoms with van der Waals surface area (Å²) in [5.74, 6) is -2.48. The van der Waals surface area contributed by atoms with Crippen LogP contribution < -0.4 is 5.32 Å². The first-order valence-electron chi connectivity index (χ1n) is 5.94. The Hall–Kier alpha value is -1.77. The number of nitrogens with one attached hydrogen (secondary N) is 1. The number of carbonyl (C=O) groups excluding carboxylic acids is 1. The van der Waals surface area contributed by atoms with Crippen molar-refractivity contribution in [3.05, 3.63) is 16.4 Å². The van der Waals surface area contributed by atoms with Gasteiger partial charge in [0.2, 0.25) is 0 Å². The van der Waals surface area contributed by atoms with Gasteiger partial charge in [-0.15, -0.1) is 0 Å². The zero-order chi connectivity index (χ0) is 16.0. The Labute approximate surface area is 121 Å². The number of hydrogen-bond donors (Lipinski definition) is 2. The molecule has 0 radical (unpaired) electrons. The fourth-order valence-electron chi connectivity index (χ4n) is 2.11. The van der Waals surface area contributed by atoms with E-state index in [1.165, 1.54) is 0 Å². The highest BCUT2D eigenvalue weighted by Crippen LogP contribution is 2.38. The second-order valence-corrected chi connectivity index (χ2v) is 5.19. The van der Waals surface area contributed by atoms with Crippen molar-refractivity contribution in [2.45, 2.75) is 31.0 Å². The van der Waals surface area contributed by atoms with Crippen LogP contribution in [0, 0.1) is 0 Å². The predicted octanol–water partition coefficient (Wildman–Crippen LogP) is 1.83. The average molecular weight is 326 g/mol. The second kappa shape index (κ2) is 4.90. The molecule has 1 aliphatic carbocycles. The summed E-state index contributed by atoms with van der Waals surface area (Å²) in [4.78, 5) is 23.1. The third-order valence-corrected chi connectivity index (χ3v) is 3.88. The molecule has 10 heteroatoms. The number of nitrogens with zero attached hydrogens (tertiary/aromatic N) is 2. The smallest absolute Gasteiger partial charge is 0.421 e. The number of carboxylic acid groups (broad SMARTS) is 1. The van der Waals surface area contributed by atoms with Gasteiger partial charge in [0.1, 0.15) is 16.3 Å². The lowest BCUT2D eigenvalue weighted by atomic mass is 9.76. The summed E-state index contributed by atoms with van der Waals surface area (Å²) >= 11 is 5.51. The molecule has 0 bridgehead atoms. The van der Waals surface area contributed by atoms with E-state index in [2.05, 4.69) is 10.4 Å². The Morgan fingerprint density at radius 1 is 1.43 bits per heavy atom. The Morgan fingerprint density at radius 3 is 2.38 bits per heavy atom. The van der Waals surface area contributed by atoms with E-state index in [-0.39, 0.29) is 12.8 Å². The van der Waals surface area contributed by atoms with Crippen molar-refractivity contribution in [2.24, 2.45) is 7.05 Å². The maximum absolute atomic E-state index is 12.9. The molecule has 0 unspecified atom stereocenters. The molecule has 1 aromatic heterocycles. The molecule has 6 nitrogen and oxygen atoms in total. The number of halogens is 4. The van der Waals surface area contributed by atoms with Gasteiger partial charge in [-0.1, -0.05) is 11.6 Å². The van der Waals surface area contributed by atoms with Crippen LogP contribution in [0.15, 0.2) is 0 Å². The van der Waals surface area contributed by atoms with Gasteiger partial charge in [0.05, 0.1) is 0 Å². The van der Waals surface area contributed by atoms with Crippen LogP contribution >= 0.6 is 11.6 Å². The molecule has 0 saturated heterocycles. The molecule has 1 aliphatic rings. The van der Waals surface area contributed by atoms with Crippen LogP contribution in [0.25, 0.3) is 0 Å². The molecule has 0 spiro atoms. The van der Waals surface area contributed by atoms with E-state index in [1.54, 1.807) is 0 Å². The molecule has 0 atom stereocenters. The van der Waals surface area contributed by atoms with E-state index in [0.717, 1.165) is 7.05 Å². The first kappa shape index (κ1) is 15.6. The summed E-state index contributed by atoms with van der Waals surface area (Å²) in [6.07, 6.45) is -3.97. The minimum atomic E-state index is -4.87. The van der Waals surface area contributed by atoms with Gasteiger partial charge in [0.25, 0.3) is 5.91 Å². The maximum atomic E-state index is 12.9. The lowest BCUT2D eigenvalue weighted by molar-refractivity contribution is -0.148.